The van der Waals surface area contributed by atoms with Crippen LogP contribution in [0.25, 0.3) is 0 Å². The maximum atomic E-state index is 13.2. The van der Waals surface area contributed by atoms with Crippen molar-refractivity contribution in [2.24, 2.45) is 0 Å². The molecule has 4 heteroatoms. The molecule has 0 radical (unpaired) electrons. The molecule has 104 valence electrons. The quantitative estimate of drug-likeness (QED) is 0.848. The molecule has 0 fully saturated rings. The minimum absolute atomic E-state index is 0.212. The molecule has 20 heavy (non-hydrogen) atoms. The van der Waals surface area contributed by atoms with Crippen molar-refractivity contribution in [2.45, 2.75) is 13.5 Å². The number of ether oxygens (including phenoxy) is 1. The second-order valence-electron chi connectivity index (χ2n) is 4.53. The largest absolute Gasteiger partial charge is 0.444 e. The number of hydrogen-bond acceptors (Lipinski definition) is 2. The number of rotatable bonds is 3. The van der Waals surface area contributed by atoms with Gasteiger partial charge in [0.15, 0.2) is 0 Å². The van der Waals surface area contributed by atoms with E-state index >= 15 is 0 Å². The van der Waals surface area contributed by atoms with Crippen molar-refractivity contribution in [3.63, 3.8) is 0 Å². The van der Waals surface area contributed by atoms with Crippen molar-refractivity contribution in [3.05, 3.63) is 65.5 Å². The van der Waals surface area contributed by atoms with E-state index in [4.69, 9.17) is 4.74 Å². The Bertz CT molecular complexity index is 599. The van der Waals surface area contributed by atoms with Crippen molar-refractivity contribution in [2.75, 3.05) is 11.9 Å². The van der Waals surface area contributed by atoms with Crippen LogP contribution >= 0.6 is 0 Å². The summed E-state index contributed by atoms with van der Waals surface area (Å²) < 4.78 is 18.4. The number of carbonyl (C=O) groups is 1. The van der Waals surface area contributed by atoms with E-state index in [0.717, 1.165) is 5.56 Å². The molecule has 0 unspecified atom stereocenters. The van der Waals surface area contributed by atoms with Gasteiger partial charge in [0.25, 0.3) is 0 Å². The van der Waals surface area contributed by atoms with E-state index in [1.54, 1.807) is 26.1 Å². The first-order chi connectivity index (χ1) is 9.58. The molecule has 0 saturated carbocycles. The molecule has 0 heterocycles. The Morgan fingerprint density at radius 2 is 1.90 bits per heavy atom. The summed E-state index contributed by atoms with van der Waals surface area (Å²) in [4.78, 5) is 13.3. The number of halogens is 1. The summed E-state index contributed by atoms with van der Waals surface area (Å²) >= 11 is 0. The second-order valence-corrected chi connectivity index (χ2v) is 4.53. The van der Waals surface area contributed by atoms with E-state index in [9.17, 15) is 9.18 Å². The third-order valence-corrected chi connectivity index (χ3v) is 3.01. The number of nitrogens with zero attached hydrogens (tertiary/aromatic N) is 1. The van der Waals surface area contributed by atoms with Crippen molar-refractivity contribution in [3.8, 4) is 0 Å². The van der Waals surface area contributed by atoms with Crippen LogP contribution in [-0.4, -0.2) is 13.1 Å². The van der Waals surface area contributed by atoms with Crippen LogP contribution in [0, 0.1) is 12.7 Å². The highest BCUT2D eigenvalue weighted by Gasteiger charge is 2.13. The fourth-order valence-electron chi connectivity index (χ4n) is 1.76. The minimum Gasteiger partial charge on any atom is -0.444 e. The first kappa shape index (κ1) is 14.1. The summed E-state index contributed by atoms with van der Waals surface area (Å²) in [7, 11) is 1.60. The molecule has 0 N–H and O–H groups in total. The van der Waals surface area contributed by atoms with Gasteiger partial charge in [-0.2, -0.15) is 0 Å². The Kier molecular flexibility index (Phi) is 4.35. The molecule has 0 spiro atoms. The molecule has 0 bridgehead atoms. The molecule has 1 amide bonds. The van der Waals surface area contributed by atoms with Crippen molar-refractivity contribution < 1.29 is 13.9 Å². The van der Waals surface area contributed by atoms with Gasteiger partial charge in [0.1, 0.15) is 12.4 Å². The zero-order valence-electron chi connectivity index (χ0n) is 11.5. The number of anilines is 1. The van der Waals surface area contributed by atoms with E-state index in [1.165, 1.54) is 11.0 Å². The van der Waals surface area contributed by atoms with Gasteiger partial charge in [0.2, 0.25) is 0 Å². The molecular formula is C16H16FNO2. The Morgan fingerprint density at radius 3 is 2.55 bits per heavy atom. The maximum Gasteiger partial charge on any atom is 0.414 e. The van der Waals surface area contributed by atoms with Crippen LogP contribution in [0.5, 0.6) is 0 Å². The lowest BCUT2D eigenvalue weighted by atomic mass is 10.2. The van der Waals surface area contributed by atoms with Gasteiger partial charge >= 0.3 is 6.09 Å². The van der Waals surface area contributed by atoms with Gasteiger partial charge in [-0.15, -0.1) is 0 Å². The molecule has 0 aliphatic rings. The Labute approximate surface area is 117 Å². The lowest BCUT2D eigenvalue weighted by molar-refractivity contribution is 0.148. The van der Waals surface area contributed by atoms with Crippen LogP contribution in [-0.2, 0) is 11.3 Å². The second kappa shape index (κ2) is 6.19. The molecule has 0 saturated heterocycles. The Balaban J connectivity index is 1.99. The van der Waals surface area contributed by atoms with Crippen molar-refractivity contribution in [1.29, 1.82) is 0 Å². The van der Waals surface area contributed by atoms with E-state index in [2.05, 4.69) is 0 Å². The van der Waals surface area contributed by atoms with Gasteiger partial charge in [-0.25, -0.2) is 9.18 Å². The van der Waals surface area contributed by atoms with Gasteiger partial charge in [0, 0.05) is 12.7 Å². The van der Waals surface area contributed by atoms with Gasteiger partial charge in [-0.05, 0) is 36.2 Å². The molecule has 3 nitrogen and oxygen atoms in total. The highest BCUT2D eigenvalue weighted by atomic mass is 19.1. The number of aryl methyl sites for hydroxylation is 1. The Morgan fingerprint density at radius 1 is 1.20 bits per heavy atom. The smallest absolute Gasteiger partial charge is 0.414 e. The summed E-state index contributed by atoms with van der Waals surface area (Å²) in [5.41, 5.74) is 2.01. The number of hydrogen-bond donors (Lipinski definition) is 0. The van der Waals surface area contributed by atoms with Crippen LogP contribution in [0.1, 0.15) is 11.1 Å². The molecule has 0 atom stereocenters. The monoisotopic (exact) mass is 273 g/mol. The first-order valence-electron chi connectivity index (χ1n) is 6.28. The average molecular weight is 273 g/mol. The standard InChI is InChI=1S/C16H16FNO2/c1-12-10-14(8-9-15(12)17)18(2)16(19)20-11-13-6-4-3-5-7-13/h3-10H,11H2,1-2H3. The van der Waals surface area contributed by atoms with Crippen LogP contribution in [0.3, 0.4) is 0 Å². The zero-order valence-corrected chi connectivity index (χ0v) is 11.5. The van der Waals surface area contributed by atoms with E-state index < -0.39 is 6.09 Å². The molecule has 0 aliphatic heterocycles. The average Bonchev–Trinajstić information content (AvgIpc) is 2.48. The van der Waals surface area contributed by atoms with Crippen LogP contribution in [0.4, 0.5) is 14.9 Å². The molecule has 0 aliphatic carbocycles. The first-order valence-corrected chi connectivity index (χ1v) is 6.28. The number of benzene rings is 2. The third kappa shape index (κ3) is 3.35. The van der Waals surface area contributed by atoms with Crippen LogP contribution in [0.15, 0.2) is 48.5 Å². The highest BCUT2D eigenvalue weighted by Crippen LogP contribution is 2.18. The highest BCUT2D eigenvalue weighted by molar-refractivity contribution is 5.87. The number of amides is 1. The predicted molar refractivity (Wildman–Crippen MR) is 76.2 cm³/mol. The van der Waals surface area contributed by atoms with E-state index in [-0.39, 0.29) is 12.4 Å². The summed E-state index contributed by atoms with van der Waals surface area (Å²) in [5.74, 6) is -0.292. The molecular weight excluding hydrogens is 257 g/mol. The fraction of sp³-hybridized carbons (Fsp3) is 0.188. The predicted octanol–water partition coefficient (Wildman–Crippen LogP) is 3.91. The van der Waals surface area contributed by atoms with Crippen molar-refractivity contribution in [1.82, 2.24) is 0 Å². The topological polar surface area (TPSA) is 29.5 Å². The molecule has 2 aromatic rings. The normalized spacial score (nSPS) is 10.2. The van der Waals surface area contributed by atoms with Crippen LogP contribution in [0.2, 0.25) is 0 Å². The third-order valence-electron chi connectivity index (χ3n) is 3.01. The molecule has 2 rings (SSSR count). The van der Waals surface area contributed by atoms with Gasteiger partial charge in [-0.3, -0.25) is 4.90 Å². The van der Waals surface area contributed by atoms with E-state index in [0.29, 0.717) is 11.3 Å². The van der Waals surface area contributed by atoms with Crippen LogP contribution < -0.4 is 4.90 Å². The fourth-order valence-corrected chi connectivity index (χ4v) is 1.76. The summed E-state index contributed by atoms with van der Waals surface area (Å²) in [6, 6.07) is 13.9. The lowest BCUT2D eigenvalue weighted by Gasteiger charge is -2.17. The summed E-state index contributed by atoms with van der Waals surface area (Å²) in [6.07, 6.45) is -0.472. The lowest BCUT2D eigenvalue weighted by Crippen LogP contribution is -2.27. The molecule has 0 aromatic heterocycles. The maximum absolute atomic E-state index is 13.2. The minimum atomic E-state index is -0.472. The van der Waals surface area contributed by atoms with Gasteiger partial charge in [0.05, 0.1) is 0 Å². The van der Waals surface area contributed by atoms with E-state index in [1.807, 2.05) is 30.3 Å². The summed E-state index contributed by atoms with van der Waals surface area (Å²) in [5, 5.41) is 0. The molecule has 2 aromatic carbocycles. The Hall–Kier alpha value is -2.36. The zero-order chi connectivity index (χ0) is 14.5. The van der Waals surface area contributed by atoms with Crippen molar-refractivity contribution >= 4 is 11.8 Å². The number of carbonyl (C=O) groups excluding carboxylic acids is 1. The SMILES string of the molecule is Cc1cc(N(C)C(=O)OCc2ccccc2)ccc1F. The van der Waals surface area contributed by atoms with Gasteiger partial charge in [-0.1, -0.05) is 30.3 Å². The van der Waals surface area contributed by atoms with Gasteiger partial charge < -0.3 is 4.74 Å². The summed E-state index contributed by atoms with van der Waals surface area (Å²) in [6.45, 7) is 1.87.